The average molecular weight is 344 g/mol. The SMILES string of the molecule is COc1ccccc1-c1nnc(-c2ccccc2Br)n1C. The van der Waals surface area contributed by atoms with Gasteiger partial charge in [-0.25, -0.2) is 0 Å². The van der Waals surface area contributed by atoms with Crippen LogP contribution in [0.5, 0.6) is 5.75 Å². The fourth-order valence-electron chi connectivity index (χ4n) is 2.27. The molecule has 0 radical (unpaired) electrons. The zero-order chi connectivity index (χ0) is 14.8. The molecule has 0 saturated heterocycles. The number of benzene rings is 2. The number of nitrogens with zero attached hydrogens (tertiary/aromatic N) is 3. The molecule has 0 N–H and O–H groups in total. The van der Waals surface area contributed by atoms with Crippen LogP contribution in [0, 0.1) is 0 Å². The molecule has 1 aromatic heterocycles. The first-order valence-corrected chi connectivity index (χ1v) is 7.29. The lowest BCUT2D eigenvalue weighted by molar-refractivity contribution is 0.416. The van der Waals surface area contributed by atoms with Crippen molar-refractivity contribution < 1.29 is 4.74 Å². The van der Waals surface area contributed by atoms with Crippen molar-refractivity contribution in [2.75, 3.05) is 7.11 Å². The first kappa shape index (κ1) is 13.8. The molecule has 1 heterocycles. The van der Waals surface area contributed by atoms with Crippen LogP contribution in [-0.4, -0.2) is 21.9 Å². The maximum atomic E-state index is 5.40. The lowest BCUT2D eigenvalue weighted by Crippen LogP contribution is -1.97. The predicted octanol–water partition coefficient (Wildman–Crippen LogP) is 3.92. The number of aromatic nitrogens is 3. The normalized spacial score (nSPS) is 10.6. The van der Waals surface area contributed by atoms with Gasteiger partial charge in [0.2, 0.25) is 0 Å². The number of hydrogen-bond acceptors (Lipinski definition) is 3. The summed E-state index contributed by atoms with van der Waals surface area (Å²) >= 11 is 3.55. The van der Waals surface area contributed by atoms with Gasteiger partial charge in [0.05, 0.1) is 12.7 Å². The van der Waals surface area contributed by atoms with Gasteiger partial charge in [-0.05, 0) is 18.2 Å². The summed E-state index contributed by atoms with van der Waals surface area (Å²) in [6, 6.07) is 15.8. The molecule has 0 bridgehead atoms. The van der Waals surface area contributed by atoms with Crippen LogP contribution in [0.4, 0.5) is 0 Å². The van der Waals surface area contributed by atoms with E-state index < -0.39 is 0 Å². The molecule has 0 saturated carbocycles. The number of hydrogen-bond donors (Lipinski definition) is 0. The molecule has 0 aliphatic carbocycles. The zero-order valence-corrected chi connectivity index (χ0v) is 13.3. The lowest BCUT2D eigenvalue weighted by atomic mass is 10.2. The number of methoxy groups -OCH3 is 1. The molecule has 0 spiro atoms. The summed E-state index contributed by atoms with van der Waals surface area (Å²) in [6.07, 6.45) is 0. The fourth-order valence-corrected chi connectivity index (χ4v) is 2.73. The van der Waals surface area contributed by atoms with Crippen LogP contribution >= 0.6 is 15.9 Å². The van der Waals surface area contributed by atoms with E-state index in [9.17, 15) is 0 Å². The molecule has 3 rings (SSSR count). The minimum atomic E-state index is 0.776. The van der Waals surface area contributed by atoms with Gasteiger partial charge in [0.25, 0.3) is 0 Å². The number of halogens is 1. The molecule has 3 aromatic rings. The topological polar surface area (TPSA) is 39.9 Å². The molecule has 0 aliphatic heterocycles. The molecular weight excluding hydrogens is 330 g/mol. The van der Waals surface area contributed by atoms with E-state index in [2.05, 4.69) is 26.1 Å². The van der Waals surface area contributed by atoms with Gasteiger partial charge >= 0.3 is 0 Å². The van der Waals surface area contributed by atoms with E-state index >= 15 is 0 Å². The number of rotatable bonds is 3. The van der Waals surface area contributed by atoms with Gasteiger partial charge in [0.15, 0.2) is 11.6 Å². The van der Waals surface area contributed by atoms with Gasteiger partial charge in [0.1, 0.15) is 5.75 Å². The molecule has 0 amide bonds. The summed E-state index contributed by atoms with van der Waals surface area (Å²) in [6.45, 7) is 0. The Morgan fingerprint density at radius 2 is 1.48 bits per heavy atom. The molecule has 0 unspecified atom stereocenters. The molecule has 4 nitrogen and oxygen atoms in total. The highest BCUT2D eigenvalue weighted by Gasteiger charge is 2.16. The van der Waals surface area contributed by atoms with Gasteiger partial charge < -0.3 is 9.30 Å². The van der Waals surface area contributed by atoms with Gasteiger partial charge in [-0.1, -0.05) is 46.3 Å². The molecule has 0 aliphatic rings. The van der Waals surface area contributed by atoms with E-state index in [1.54, 1.807) is 7.11 Å². The molecule has 106 valence electrons. The van der Waals surface area contributed by atoms with Crippen molar-refractivity contribution in [3.05, 3.63) is 53.0 Å². The van der Waals surface area contributed by atoms with Crippen LogP contribution in [0.25, 0.3) is 22.8 Å². The van der Waals surface area contributed by atoms with Crippen molar-refractivity contribution >= 4 is 15.9 Å². The Morgan fingerprint density at radius 1 is 0.905 bits per heavy atom. The Hall–Kier alpha value is -2.14. The number of ether oxygens (including phenoxy) is 1. The Kier molecular flexibility index (Phi) is 3.75. The van der Waals surface area contributed by atoms with E-state index in [-0.39, 0.29) is 0 Å². The van der Waals surface area contributed by atoms with Gasteiger partial charge in [0, 0.05) is 17.1 Å². The van der Waals surface area contributed by atoms with Crippen LogP contribution in [-0.2, 0) is 7.05 Å². The molecule has 5 heteroatoms. The third kappa shape index (κ3) is 2.45. The van der Waals surface area contributed by atoms with Crippen molar-refractivity contribution in [1.29, 1.82) is 0 Å². The summed E-state index contributed by atoms with van der Waals surface area (Å²) in [5.74, 6) is 2.37. The monoisotopic (exact) mass is 343 g/mol. The highest BCUT2D eigenvalue weighted by Crippen LogP contribution is 2.32. The molecule has 0 fully saturated rings. The van der Waals surface area contributed by atoms with Gasteiger partial charge in [-0.15, -0.1) is 10.2 Å². The van der Waals surface area contributed by atoms with E-state index in [1.165, 1.54) is 0 Å². The van der Waals surface area contributed by atoms with Crippen molar-refractivity contribution in [2.45, 2.75) is 0 Å². The molecule has 21 heavy (non-hydrogen) atoms. The van der Waals surface area contributed by atoms with Crippen LogP contribution in [0.15, 0.2) is 53.0 Å². The van der Waals surface area contributed by atoms with E-state index in [4.69, 9.17) is 4.74 Å². The van der Waals surface area contributed by atoms with Crippen LogP contribution < -0.4 is 4.74 Å². The van der Waals surface area contributed by atoms with Crippen molar-refractivity contribution in [1.82, 2.24) is 14.8 Å². The summed E-state index contributed by atoms with van der Waals surface area (Å²) in [7, 11) is 3.61. The van der Waals surface area contributed by atoms with E-state index in [1.807, 2.05) is 60.1 Å². The first-order chi connectivity index (χ1) is 10.2. The fraction of sp³-hybridized carbons (Fsp3) is 0.125. The first-order valence-electron chi connectivity index (χ1n) is 6.50. The Bertz CT molecular complexity index is 783. The second-order valence-corrected chi connectivity index (χ2v) is 5.44. The summed E-state index contributed by atoms with van der Waals surface area (Å²) in [5, 5.41) is 8.65. The lowest BCUT2D eigenvalue weighted by Gasteiger charge is -2.08. The van der Waals surface area contributed by atoms with Crippen LogP contribution in [0.1, 0.15) is 0 Å². The van der Waals surface area contributed by atoms with Crippen molar-refractivity contribution in [3.63, 3.8) is 0 Å². The minimum absolute atomic E-state index is 0.776. The van der Waals surface area contributed by atoms with E-state index in [0.717, 1.165) is 33.0 Å². The third-order valence-electron chi connectivity index (χ3n) is 3.34. The van der Waals surface area contributed by atoms with Crippen LogP contribution in [0.3, 0.4) is 0 Å². The number of para-hydroxylation sites is 1. The molecule has 2 aromatic carbocycles. The Labute approximate surface area is 131 Å². The maximum Gasteiger partial charge on any atom is 0.167 e. The Balaban J connectivity index is 2.14. The van der Waals surface area contributed by atoms with Crippen molar-refractivity contribution in [3.8, 4) is 28.5 Å². The van der Waals surface area contributed by atoms with Crippen molar-refractivity contribution in [2.24, 2.45) is 7.05 Å². The second kappa shape index (κ2) is 5.69. The average Bonchev–Trinajstić information content (AvgIpc) is 2.89. The van der Waals surface area contributed by atoms with Crippen LogP contribution in [0.2, 0.25) is 0 Å². The third-order valence-corrected chi connectivity index (χ3v) is 4.03. The quantitative estimate of drug-likeness (QED) is 0.723. The summed E-state index contributed by atoms with van der Waals surface area (Å²) < 4.78 is 8.37. The molecular formula is C16H14BrN3O. The predicted molar refractivity (Wildman–Crippen MR) is 86.1 cm³/mol. The summed E-state index contributed by atoms with van der Waals surface area (Å²) in [4.78, 5) is 0. The molecule has 0 atom stereocenters. The summed E-state index contributed by atoms with van der Waals surface area (Å²) in [5.41, 5.74) is 1.93. The Morgan fingerprint density at radius 3 is 2.14 bits per heavy atom. The van der Waals surface area contributed by atoms with E-state index in [0.29, 0.717) is 0 Å². The largest absolute Gasteiger partial charge is 0.496 e. The second-order valence-electron chi connectivity index (χ2n) is 4.59. The zero-order valence-electron chi connectivity index (χ0n) is 11.7. The standard InChI is InChI=1S/C16H14BrN3O/c1-20-15(11-7-3-5-9-13(11)17)18-19-16(20)12-8-4-6-10-14(12)21-2/h3-10H,1-2H3. The smallest absolute Gasteiger partial charge is 0.167 e. The highest BCUT2D eigenvalue weighted by atomic mass is 79.9. The highest BCUT2D eigenvalue weighted by molar-refractivity contribution is 9.10. The van der Waals surface area contributed by atoms with Gasteiger partial charge in [-0.2, -0.15) is 0 Å². The maximum absolute atomic E-state index is 5.40. The van der Waals surface area contributed by atoms with Gasteiger partial charge in [-0.3, -0.25) is 0 Å². The minimum Gasteiger partial charge on any atom is -0.496 e.